The van der Waals surface area contributed by atoms with Gasteiger partial charge in [-0.2, -0.15) is 13.2 Å². The number of anilines is 1. The van der Waals surface area contributed by atoms with Crippen LogP contribution in [0.1, 0.15) is 0 Å². The van der Waals surface area contributed by atoms with E-state index in [0.29, 0.717) is 4.90 Å². The van der Waals surface area contributed by atoms with Gasteiger partial charge in [-0.15, -0.1) is 0 Å². The Labute approximate surface area is 113 Å². The number of aliphatic hydroxyl groups excluding tert-OH is 1. The van der Waals surface area contributed by atoms with Crippen molar-refractivity contribution in [3.05, 3.63) is 18.5 Å². The molecular formula is C11H15F3N4O2. The van der Waals surface area contributed by atoms with E-state index < -0.39 is 25.2 Å². The van der Waals surface area contributed by atoms with E-state index in [0.717, 1.165) is 0 Å². The highest BCUT2D eigenvalue weighted by Crippen LogP contribution is 2.16. The normalized spacial score (nSPS) is 11.2. The number of carbonyl (C=O) groups is 1. The maximum atomic E-state index is 12.3. The van der Waals surface area contributed by atoms with E-state index in [1.165, 1.54) is 24.3 Å². The van der Waals surface area contributed by atoms with E-state index in [1.54, 1.807) is 6.07 Å². The number of amides is 1. The van der Waals surface area contributed by atoms with Crippen LogP contribution >= 0.6 is 0 Å². The van der Waals surface area contributed by atoms with Gasteiger partial charge in [0.2, 0.25) is 11.9 Å². The minimum atomic E-state index is -4.51. The first-order valence-electron chi connectivity index (χ1n) is 5.77. The number of rotatable bonds is 6. The van der Waals surface area contributed by atoms with E-state index in [9.17, 15) is 18.0 Å². The first-order chi connectivity index (χ1) is 9.33. The Hall–Kier alpha value is -1.90. The molecule has 0 bridgehead atoms. The van der Waals surface area contributed by atoms with Crippen LogP contribution in [0.2, 0.25) is 0 Å². The van der Waals surface area contributed by atoms with Gasteiger partial charge in [0, 0.05) is 26.0 Å². The molecule has 6 nitrogen and oxygen atoms in total. The smallest absolute Gasteiger partial charge is 0.395 e. The number of hydrogen-bond donors (Lipinski definition) is 1. The molecule has 0 saturated carbocycles. The molecule has 112 valence electrons. The molecule has 0 fully saturated rings. The second-order valence-corrected chi connectivity index (χ2v) is 4.06. The number of likely N-dealkylation sites (N-methyl/N-ethyl adjacent to an activating group) is 1. The van der Waals surface area contributed by atoms with Gasteiger partial charge in [0.15, 0.2) is 0 Å². The van der Waals surface area contributed by atoms with Crippen molar-refractivity contribution >= 4 is 11.9 Å². The quantitative estimate of drug-likeness (QED) is 0.816. The van der Waals surface area contributed by atoms with Gasteiger partial charge in [0.25, 0.3) is 0 Å². The molecule has 1 rings (SSSR count). The lowest BCUT2D eigenvalue weighted by atomic mass is 10.4. The molecule has 1 amide bonds. The number of halogens is 3. The van der Waals surface area contributed by atoms with E-state index in [-0.39, 0.29) is 19.0 Å². The van der Waals surface area contributed by atoms with Crippen LogP contribution in [-0.4, -0.2) is 65.3 Å². The third-order valence-electron chi connectivity index (χ3n) is 2.36. The van der Waals surface area contributed by atoms with Gasteiger partial charge in [-0.3, -0.25) is 4.79 Å². The van der Waals surface area contributed by atoms with E-state index in [2.05, 4.69) is 9.97 Å². The summed E-state index contributed by atoms with van der Waals surface area (Å²) in [5.41, 5.74) is 0. The molecule has 0 unspecified atom stereocenters. The zero-order chi connectivity index (χ0) is 15.2. The number of hydrogen-bond acceptors (Lipinski definition) is 5. The highest BCUT2D eigenvalue weighted by atomic mass is 19.4. The second kappa shape index (κ2) is 7.04. The summed E-state index contributed by atoms with van der Waals surface area (Å²) >= 11 is 0. The van der Waals surface area contributed by atoms with Crippen LogP contribution in [0.4, 0.5) is 19.1 Å². The van der Waals surface area contributed by atoms with Crippen molar-refractivity contribution in [2.45, 2.75) is 6.18 Å². The first-order valence-corrected chi connectivity index (χ1v) is 5.77. The van der Waals surface area contributed by atoms with Crippen molar-refractivity contribution in [2.75, 3.05) is 38.2 Å². The zero-order valence-electron chi connectivity index (χ0n) is 10.8. The predicted octanol–water partition coefficient (Wildman–Crippen LogP) is 0.296. The monoisotopic (exact) mass is 292 g/mol. The molecular weight excluding hydrogens is 277 g/mol. The van der Waals surface area contributed by atoms with Crippen LogP contribution in [-0.2, 0) is 4.79 Å². The summed E-state index contributed by atoms with van der Waals surface area (Å²) in [7, 11) is 1.50. The maximum absolute atomic E-state index is 12.3. The Morgan fingerprint density at radius 3 is 2.45 bits per heavy atom. The minimum Gasteiger partial charge on any atom is -0.395 e. The second-order valence-electron chi connectivity index (χ2n) is 4.06. The zero-order valence-corrected chi connectivity index (χ0v) is 10.8. The van der Waals surface area contributed by atoms with Crippen molar-refractivity contribution in [1.82, 2.24) is 14.9 Å². The van der Waals surface area contributed by atoms with Crippen LogP contribution in [0.15, 0.2) is 18.5 Å². The average molecular weight is 292 g/mol. The SMILES string of the molecule is CN(CC(=O)N(CCO)CC(F)(F)F)c1ncccn1. The van der Waals surface area contributed by atoms with E-state index in [4.69, 9.17) is 5.11 Å². The Balaban J connectivity index is 2.66. The molecule has 0 aliphatic rings. The topological polar surface area (TPSA) is 69.6 Å². The highest BCUT2D eigenvalue weighted by molar-refractivity contribution is 5.80. The number of aromatic nitrogens is 2. The van der Waals surface area contributed by atoms with Crippen LogP contribution < -0.4 is 4.90 Å². The van der Waals surface area contributed by atoms with Gasteiger partial charge >= 0.3 is 6.18 Å². The number of alkyl halides is 3. The summed E-state index contributed by atoms with van der Waals surface area (Å²) in [6, 6.07) is 1.58. The van der Waals surface area contributed by atoms with Crippen molar-refractivity contribution in [2.24, 2.45) is 0 Å². The van der Waals surface area contributed by atoms with Gasteiger partial charge in [0.05, 0.1) is 13.2 Å². The fourth-order valence-corrected chi connectivity index (χ4v) is 1.49. The summed E-state index contributed by atoms with van der Waals surface area (Å²) in [4.78, 5) is 21.5. The molecule has 9 heteroatoms. The van der Waals surface area contributed by atoms with Crippen molar-refractivity contribution in [3.8, 4) is 0 Å². The molecule has 1 aromatic heterocycles. The third-order valence-corrected chi connectivity index (χ3v) is 2.36. The highest BCUT2D eigenvalue weighted by Gasteiger charge is 2.33. The van der Waals surface area contributed by atoms with Crippen molar-refractivity contribution in [1.29, 1.82) is 0 Å². The lowest BCUT2D eigenvalue weighted by Crippen LogP contribution is -2.45. The Bertz CT molecular complexity index is 427. The largest absolute Gasteiger partial charge is 0.406 e. The van der Waals surface area contributed by atoms with E-state index >= 15 is 0 Å². The minimum absolute atomic E-state index is 0.233. The molecule has 0 aliphatic carbocycles. The van der Waals surface area contributed by atoms with Gasteiger partial charge in [0.1, 0.15) is 6.54 Å². The number of aliphatic hydroxyl groups is 1. The molecule has 0 atom stereocenters. The summed E-state index contributed by atoms with van der Waals surface area (Å²) in [6.07, 6.45) is -1.58. The molecule has 0 radical (unpaired) electrons. The lowest BCUT2D eigenvalue weighted by molar-refractivity contribution is -0.161. The standard InChI is InChI=1S/C11H15F3N4O2/c1-17(10-15-3-2-4-16-10)7-9(20)18(5-6-19)8-11(12,13)14/h2-4,19H,5-8H2,1H3. The van der Waals surface area contributed by atoms with Crippen LogP contribution in [0.3, 0.4) is 0 Å². The number of carbonyl (C=O) groups excluding carboxylic acids is 1. The van der Waals surface area contributed by atoms with Gasteiger partial charge in [-0.05, 0) is 6.07 Å². The number of nitrogens with zero attached hydrogens (tertiary/aromatic N) is 4. The molecule has 1 heterocycles. The first kappa shape index (κ1) is 16.2. The van der Waals surface area contributed by atoms with Gasteiger partial charge in [-0.25, -0.2) is 9.97 Å². The Kier molecular flexibility index (Phi) is 5.68. The van der Waals surface area contributed by atoms with Gasteiger partial charge < -0.3 is 14.9 Å². The lowest BCUT2D eigenvalue weighted by Gasteiger charge is -2.25. The predicted molar refractivity (Wildman–Crippen MR) is 65.0 cm³/mol. The van der Waals surface area contributed by atoms with Crippen LogP contribution in [0.5, 0.6) is 0 Å². The average Bonchev–Trinajstić information content (AvgIpc) is 2.37. The molecule has 0 aromatic carbocycles. The molecule has 20 heavy (non-hydrogen) atoms. The fourth-order valence-electron chi connectivity index (χ4n) is 1.49. The van der Waals surface area contributed by atoms with Gasteiger partial charge in [-0.1, -0.05) is 0 Å². The Morgan fingerprint density at radius 1 is 1.35 bits per heavy atom. The molecule has 1 aromatic rings. The fraction of sp³-hybridized carbons (Fsp3) is 0.545. The molecule has 1 N–H and O–H groups in total. The third kappa shape index (κ3) is 5.39. The molecule has 0 saturated heterocycles. The summed E-state index contributed by atoms with van der Waals surface area (Å²) in [6.45, 7) is -2.61. The van der Waals surface area contributed by atoms with Crippen molar-refractivity contribution in [3.63, 3.8) is 0 Å². The van der Waals surface area contributed by atoms with Crippen molar-refractivity contribution < 1.29 is 23.1 Å². The molecule has 0 spiro atoms. The summed E-state index contributed by atoms with van der Waals surface area (Å²) in [5.74, 6) is -0.525. The summed E-state index contributed by atoms with van der Waals surface area (Å²) < 4.78 is 37.0. The van der Waals surface area contributed by atoms with Crippen LogP contribution in [0, 0.1) is 0 Å². The summed E-state index contributed by atoms with van der Waals surface area (Å²) in [5, 5.41) is 8.73. The van der Waals surface area contributed by atoms with Crippen LogP contribution in [0.25, 0.3) is 0 Å². The maximum Gasteiger partial charge on any atom is 0.406 e. The Morgan fingerprint density at radius 2 is 1.95 bits per heavy atom. The molecule has 0 aliphatic heterocycles. The van der Waals surface area contributed by atoms with E-state index in [1.807, 2.05) is 0 Å².